The second kappa shape index (κ2) is 12.0. The van der Waals surface area contributed by atoms with Crippen LogP contribution >= 0.6 is 0 Å². The third-order valence-electron chi connectivity index (χ3n) is 6.97. The maximum absolute atomic E-state index is 14.1. The van der Waals surface area contributed by atoms with Crippen LogP contribution in [0.2, 0.25) is 0 Å². The van der Waals surface area contributed by atoms with Crippen LogP contribution in [0.5, 0.6) is 5.75 Å². The summed E-state index contributed by atoms with van der Waals surface area (Å²) >= 11 is 0. The zero-order valence-corrected chi connectivity index (χ0v) is 21.6. The highest BCUT2D eigenvalue weighted by atomic mass is 16.5. The molecule has 3 aromatic rings. The van der Waals surface area contributed by atoms with Gasteiger partial charge in [0.15, 0.2) is 11.6 Å². The van der Waals surface area contributed by atoms with Gasteiger partial charge in [-0.15, -0.1) is 0 Å². The number of aliphatic hydroxyl groups excluding tert-OH is 1. The summed E-state index contributed by atoms with van der Waals surface area (Å²) in [7, 11) is 0. The number of azide groups is 1. The number of hydrogen-bond donors (Lipinski definition) is 2. The summed E-state index contributed by atoms with van der Waals surface area (Å²) in [6.07, 6.45) is 2.22. The fourth-order valence-electron chi connectivity index (χ4n) is 4.73. The number of benzene rings is 3. The van der Waals surface area contributed by atoms with Crippen molar-refractivity contribution >= 4 is 17.5 Å². The number of carbonyl (C=O) groups is 1. The Hall–Kier alpha value is -4.33. The van der Waals surface area contributed by atoms with Gasteiger partial charge >= 0.3 is 0 Å². The third kappa shape index (κ3) is 6.06. The summed E-state index contributed by atoms with van der Waals surface area (Å²) in [4.78, 5) is 22.1. The van der Waals surface area contributed by atoms with Gasteiger partial charge in [0, 0.05) is 47.7 Å². The molecular weight excluding hydrogens is 494 g/mol. The molecule has 2 N–H and O–H groups in total. The third-order valence-corrected chi connectivity index (χ3v) is 6.97. The molecule has 0 radical (unpaired) electrons. The van der Waals surface area contributed by atoms with E-state index in [1.54, 1.807) is 12.1 Å². The highest BCUT2D eigenvalue weighted by Gasteiger charge is 2.54. The number of amides is 1. The fraction of sp³-hybridized carbons (Fsp3) is 0.333. The largest absolute Gasteiger partial charge is 0.494 e. The number of carbonyl (C=O) groups excluding carboxylic acids is 1. The number of hydrogen-bond acceptors (Lipinski definition) is 6. The van der Waals surface area contributed by atoms with Gasteiger partial charge in [0.2, 0.25) is 5.90 Å². The van der Waals surface area contributed by atoms with E-state index in [9.17, 15) is 10.3 Å². The molecule has 9 nitrogen and oxygen atoms in total. The molecule has 0 saturated heterocycles. The van der Waals surface area contributed by atoms with E-state index in [2.05, 4.69) is 15.3 Å². The molecule has 200 valence electrons. The van der Waals surface area contributed by atoms with Gasteiger partial charge in [-0.05, 0) is 54.1 Å². The maximum atomic E-state index is 14.1. The molecule has 3 aromatic carbocycles. The van der Waals surface area contributed by atoms with E-state index in [0.29, 0.717) is 60.4 Å². The molecule has 1 heterocycles. The molecule has 1 saturated carbocycles. The van der Waals surface area contributed by atoms with Crippen molar-refractivity contribution in [2.45, 2.75) is 37.3 Å². The van der Waals surface area contributed by atoms with Crippen LogP contribution in [0.25, 0.3) is 10.4 Å². The van der Waals surface area contributed by atoms with Gasteiger partial charge in [0.1, 0.15) is 5.75 Å². The number of nitrogens with one attached hydrogen (secondary N) is 1. The second-order valence-electron chi connectivity index (χ2n) is 9.85. The van der Waals surface area contributed by atoms with Crippen molar-refractivity contribution in [3.05, 3.63) is 106 Å². The van der Waals surface area contributed by atoms with Gasteiger partial charge in [-0.2, -0.15) is 0 Å². The summed E-state index contributed by atoms with van der Waals surface area (Å²) in [5.74, 6) is 1.25. The Balaban J connectivity index is 1.57. The smallest absolute Gasteiger partial charge is 0.252 e. The summed E-state index contributed by atoms with van der Waals surface area (Å²) in [6.45, 7) is 1.06. The molecule has 2 atom stereocenters. The lowest BCUT2D eigenvalue weighted by molar-refractivity contribution is -0.129. The molecule has 1 amide bonds. The van der Waals surface area contributed by atoms with Crippen molar-refractivity contribution in [2.75, 3.05) is 19.8 Å². The number of nitrogens with zero attached hydrogens (tertiary/aromatic N) is 4. The summed E-state index contributed by atoms with van der Waals surface area (Å²) in [5.41, 5.74) is 10.5. The van der Waals surface area contributed by atoms with Gasteiger partial charge in [-0.1, -0.05) is 59.7 Å². The Morgan fingerprint density at radius 1 is 1.10 bits per heavy atom. The zero-order chi connectivity index (χ0) is 27.1. The summed E-state index contributed by atoms with van der Waals surface area (Å²) < 4.78 is 12.2. The Morgan fingerprint density at radius 3 is 2.56 bits per heavy atom. The van der Waals surface area contributed by atoms with Crippen LogP contribution in [0.1, 0.15) is 42.1 Å². The molecule has 1 fully saturated rings. The Bertz CT molecular complexity index is 1370. The van der Waals surface area contributed by atoms with E-state index in [4.69, 9.17) is 19.6 Å². The van der Waals surface area contributed by atoms with Crippen LogP contribution in [-0.2, 0) is 16.0 Å². The van der Waals surface area contributed by atoms with E-state index in [1.165, 1.54) is 0 Å². The minimum atomic E-state index is -1.33. The predicted molar refractivity (Wildman–Crippen MR) is 148 cm³/mol. The van der Waals surface area contributed by atoms with Crippen molar-refractivity contribution in [1.29, 1.82) is 0 Å². The zero-order valence-electron chi connectivity index (χ0n) is 21.6. The summed E-state index contributed by atoms with van der Waals surface area (Å²) in [6, 6.07) is 24.2. The Morgan fingerprint density at radius 2 is 1.85 bits per heavy atom. The average molecular weight is 526 g/mol. The quantitative estimate of drug-likeness (QED) is 0.142. The van der Waals surface area contributed by atoms with Gasteiger partial charge in [-0.3, -0.25) is 4.79 Å². The maximum Gasteiger partial charge on any atom is 0.252 e. The lowest BCUT2D eigenvalue weighted by Gasteiger charge is -2.31. The SMILES string of the molecule is [N-]=[N+]=Nc1ccccc1[C@H]1OC(c2ccc(OCCCO)cc2)=N[C@@]1(Cc1ccccc1)C(=O)NCC1CC1. The van der Waals surface area contributed by atoms with Crippen LogP contribution in [-0.4, -0.2) is 42.2 Å². The van der Waals surface area contributed by atoms with E-state index in [1.807, 2.05) is 66.7 Å². The lowest BCUT2D eigenvalue weighted by atomic mass is 9.81. The first-order chi connectivity index (χ1) is 19.1. The fourth-order valence-corrected chi connectivity index (χ4v) is 4.73. The monoisotopic (exact) mass is 525 g/mol. The number of ether oxygens (including phenoxy) is 2. The first-order valence-corrected chi connectivity index (χ1v) is 13.2. The minimum Gasteiger partial charge on any atom is -0.494 e. The van der Waals surface area contributed by atoms with Crippen molar-refractivity contribution in [2.24, 2.45) is 16.0 Å². The van der Waals surface area contributed by atoms with Crippen LogP contribution in [0.3, 0.4) is 0 Å². The molecule has 9 heteroatoms. The van der Waals surface area contributed by atoms with Crippen LogP contribution in [0.4, 0.5) is 5.69 Å². The van der Waals surface area contributed by atoms with Crippen molar-refractivity contribution in [3.63, 3.8) is 0 Å². The Kier molecular flexibility index (Phi) is 8.10. The second-order valence-corrected chi connectivity index (χ2v) is 9.85. The molecule has 39 heavy (non-hydrogen) atoms. The molecule has 1 aliphatic carbocycles. The average Bonchev–Trinajstić information content (AvgIpc) is 3.72. The van der Waals surface area contributed by atoms with Crippen molar-refractivity contribution in [3.8, 4) is 5.75 Å². The van der Waals surface area contributed by atoms with Gasteiger partial charge < -0.3 is 19.9 Å². The van der Waals surface area contributed by atoms with Gasteiger partial charge in [-0.25, -0.2) is 4.99 Å². The van der Waals surface area contributed by atoms with Gasteiger partial charge in [0.05, 0.1) is 6.61 Å². The topological polar surface area (TPSA) is 129 Å². The highest BCUT2D eigenvalue weighted by molar-refractivity contribution is 6.01. The first kappa shape index (κ1) is 26.3. The first-order valence-electron chi connectivity index (χ1n) is 13.2. The highest BCUT2D eigenvalue weighted by Crippen LogP contribution is 2.45. The van der Waals surface area contributed by atoms with E-state index < -0.39 is 11.6 Å². The van der Waals surface area contributed by atoms with E-state index in [-0.39, 0.29) is 12.5 Å². The van der Waals surface area contributed by atoms with Crippen molar-refractivity contribution in [1.82, 2.24) is 5.32 Å². The van der Waals surface area contributed by atoms with Crippen molar-refractivity contribution < 1.29 is 19.4 Å². The lowest BCUT2D eigenvalue weighted by Crippen LogP contribution is -2.50. The molecule has 0 bridgehead atoms. The molecule has 5 rings (SSSR count). The van der Waals surface area contributed by atoms with E-state index >= 15 is 0 Å². The molecule has 1 aliphatic heterocycles. The van der Waals surface area contributed by atoms with E-state index in [0.717, 1.165) is 18.4 Å². The normalized spacial score (nSPS) is 19.9. The molecule has 2 aliphatic rings. The number of aliphatic imine (C=N–C) groups is 1. The van der Waals surface area contributed by atoms with Crippen LogP contribution in [0, 0.1) is 5.92 Å². The standard InChI is InChI=1S/C30H31N5O4/c31-35-34-26-10-5-4-9-25(26)27-30(19-21-7-2-1-3-8-21,29(37)32-20-22-11-12-22)33-28(39-27)23-13-15-24(16-14-23)38-18-6-17-36/h1-5,7-10,13-16,22,27,36H,6,11-12,17-20H2,(H,32,37)/t27-,30-/m1/s1. The Labute approximate surface area is 227 Å². The minimum absolute atomic E-state index is 0.0632. The summed E-state index contributed by atoms with van der Waals surface area (Å²) in [5, 5.41) is 16.0. The molecule has 0 unspecified atom stereocenters. The molecule has 0 spiro atoms. The molecular formula is C30H31N5O4. The van der Waals surface area contributed by atoms with Crippen LogP contribution in [0.15, 0.2) is 89.0 Å². The number of rotatable bonds is 12. The predicted octanol–water partition coefficient (Wildman–Crippen LogP) is 5.42. The van der Waals surface area contributed by atoms with Gasteiger partial charge in [0.25, 0.3) is 5.91 Å². The number of aliphatic hydroxyl groups is 1. The molecule has 0 aromatic heterocycles. The van der Waals surface area contributed by atoms with Crippen LogP contribution < -0.4 is 10.1 Å².